The zero-order chi connectivity index (χ0) is 10.5. The summed E-state index contributed by atoms with van der Waals surface area (Å²) in [5.74, 6) is 0. The lowest BCUT2D eigenvalue weighted by atomic mass is 10.1. The summed E-state index contributed by atoms with van der Waals surface area (Å²) in [6.07, 6.45) is 5.88. The van der Waals surface area contributed by atoms with Crippen LogP contribution in [0, 0.1) is 0 Å². The number of carbonyl (C=O) groups is 1. The number of hydrogen-bond acceptors (Lipinski definition) is 1. The molecule has 13 heavy (non-hydrogen) atoms. The van der Waals surface area contributed by atoms with E-state index in [9.17, 15) is 4.79 Å². The van der Waals surface area contributed by atoms with Gasteiger partial charge in [-0.2, -0.15) is 0 Å². The molecule has 1 fully saturated rings. The van der Waals surface area contributed by atoms with Crippen molar-refractivity contribution in [2.75, 3.05) is 13.1 Å². The van der Waals surface area contributed by atoms with Gasteiger partial charge in [0.1, 0.15) is 0 Å². The van der Waals surface area contributed by atoms with E-state index in [1.165, 1.54) is 25.7 Å². The normalized spacial score (nSPS) is 14.6. The second-order valence-corrected chi connectivity index (χ2v) is 2.91. The van der Waals surface area contributed by atoms with Crippen LogP contribution in [0.25, 0.3) is 0 Å². The maximum atomic E-state index is 10.1. The van der Waals surface area contributed by atoms with Crippen LogP contribution in [-0.4, -0.2) is 24.4 Å². The Morgan fingerprint density at radius 2 is 1.46 bits per heavy atom. The number of carbonyl (C=O) groups excluding carboxylic acids is 1. The summed E-state index contributed by atoms with van der Waals surface area (Å²) >= 11 is 0. The predicted molar refractivity (Wildman–Crippen MR) is 58.8 cm³/mol. The standard InChI is InChI=1S/C6H11NO.C3H8.C2H6/c8-6-7-4-2-1-3-5-7;1-3-2;1-2/h6H,1-5H2;3H2,1-2H3;1-2H3. The minimum absolute atomic E-state index is 0.944. The van der Waals surface area contributed by atoms with E-state index in [0.717, 1.165) is 19.5 Å². The molecule has 0 aromatic carbocycles. The van der Waals surface area contributed by atoms with E-state index in [4.69, 9.17) is 0 Å². The minimum Gasteiger partial charge on any atom is -0.345 e. The van der Waals surface area contributed by atoms with Crippen LogP contribution in [0.2, 0.25) is 0 Å². The SMILES string of the molecule is CC.CCC.O=CN1CCCCC1. The van der Waals surface area contributed by atoms with E-state index in [0.29, 0.717) is 0 Å². The topological polar surface area (TPSA) is 20.3 Å². The molecule has 1 saturated heterocycles. The van der Waals surface area contributed by atoms with E-state index in [1.54, 1.807) is 0 Å². The first-order valence-electron chi connectivity index (χ1n) is 5.54. The van der Waals surface area contributed by atoms with Crippen molar-refractivity contribution in [1.82, 2.24) is 4.90 Å². The molecule has 0 radical (unpaired) electrons. The highest BCUT2D eigenvalue weighted by molar-refractivity contribution is 5.46. The van der Waals surface area contributed by atoms with Gasteiger partial charge in [0, 0.05) is 13.1 Å². The van der Waals surface area contributed by atoms with Crippen molar-refractivity contribution in [3.8, 4) is 0 Å². The van der Waals surface area contributed by atoms with Crippen LogP contribution in [0.3, 0.4) is 0 Å². The average molecular weight is 187 g/mol. The molecule has 0 saturated carbocycles. The molecule has 2 heteroatoms. The van der Waals surface area contributed by atoms with Crippen LogP contribution in [0.4, 0.5) is 0 Å². The molecule has 1 amide bonds. The fourth-order valence-corrected chi connectivity index (χ4v) is 1.02. The molecule has 2 nitrogen and oxygen atoms in total. The van der Waals surface area contributed by atoms with Crippen molar-refractivity contribution in [2.24, 2.45) is 0 Å². The first-order valence-corrected chi connectivity index (χ1v) is 5.54. The number of piperidine rings is 1. The zero-order valence-electron chi connectivity index (χ0n) is 9.68. The van der Waals surface area contributed by atoms with Crippen LogP contribution in [-0.2, 0) is 4.79 Å². The molecule has 0 aliphatic carbocycles. The van der Waals surface area contributed by atoms with Crippen molar-refractivity contribution in [3.63, 3.8) is 0 Å². The largest absolute Gasteiger partial charge is 0.345 e. The molecule has 1 heterocycles. The van der Waals surface area contributed by atoms with Crippen molar-refractivity contribution < 1.29 is 4.79 Å². The molecule has 0 spiro atoms. The van der Waals surface area contributed by atoms with E-state index in [1.807, 2.05) is 18.7 Å². The molecule has 0 N–H and O–H groups in total. The Kier molecular flexibility index (Phi) is 16.1. The van der Waals surface area contributed by atoms with Crippen molar-refractivity contribution in [3.05, 3.63) is 0 Å². The van der Waals surface area contributed by atoms with E-state index in [2.05, 4.69) is 13.8 Å². The van der Waals surface area contributed by atoms with Crippen molar-refractivity contribution in [1.29, 1.82) is 0 Å². The van der Waals surface area contributed by atoms with Gasteiger partial charge in [0.2, 0.25) is 6.41 Å². The summed E-state index contributed by atoms with van der Waals surface area (Å²) in [7, 11) is 0. The van der Waals surface area contributed by atoms with Gasteiger partial charge >= 0.3 is 0 Å². The third-order valence-electron chi connectivity index (χ3n) is 1.54. The molecule has 1 aliphatic rings. The molecule has 1 rings (SSSR count). The van der Waals surface area contributed by atoms with Crippen molar-refractivity contribution >= 4 is 6.41 Å². The van der Waals surface area contributed by atoms with Gasteiger partial charge in [-0.15, -0.1) is 0 Å². The Balaban J connectivity index is 0. The average Bonchev–Trinajstić information content (AvgIpc) is 2.23. The Morgan fingerprint density at radius 3 is 1.69 bits per heavy atom. The number of likely N-dealkylation sites (tertiary alicyclic amines) is 1. The number of hydrogen-bond donors (Lipinski definition) is 0. The fraction of sp³-hybridized carbons (Fsp3) is 0.909. The Bertz CT molecular complexity index is 88.1. The summed E-state index contributed by atoms with van der Waals surface area (Å²) in [6.45, 7) is 10.2. The molecule has 0 bridgehead atoms. The highest BCUT2D eigenvalue weighted by Crippen LogP contribution is 2.05. The predicted octanol–water partition coefficient (Wildman–Crippen LogP) is 3.07. The lowest BCUT2D eigenvalue weighted by molar-refractivity contribution is -0.118. The first-order chi connectivity index (χ1) is 6.35. The molecule has 80 valence electrons. The third kappa shape index (κ3) is 11.5. The van der Waals surface area contributed by atoms with Gasteiger partial charge in [0.05, 0.1) is 0 Å². The Labute approximate surface area is 83.3 Å². The van der Waals surface area contributed by atoms with E-state index in [-0.39, 0.29) is 0 Å². The maximum Gasteiger partial charge on any atom is 0.209 e. The van der Waals surface area contributed by atoms with Crippen LogP contribution in [0.1, 0.15) is 53.4 Å². The molecule has 0 aromatic rings. The fourth-order valence-electron chi connectivity index (χ4n) is 1.02. The Morgan fingerprint density at radius 1 is 1.08 bits per heavy atom. The Hall–Kier alpha value is -0.530. The van der Waals surface area contributed by atoms with Gasteiger partial charge in [0.25, 0.3) is 0 Å². The van der Waals surface area contributed by atoms with Gasteiger partial charge in [-0.05, 0) is 19.3 Å². The van der Waals surface area contributed by atoms with Gasteiger partial charge in [-0.25, -0.2) is 0 Å². The molecular formula is C11H25NO. The minimum atomic E-state index is 0.944. The third-order valence-corrected chi connectivity index (χ3v) is 1.54. The summed E-state index contributed by atoms with van der Waals surface area (Å²) < 4.78 is 0. The molecular weight excluding hydrogens is 162 g/mol. The summed E-state index contributed by atoms with van der Waals surface area (Å²) in [5.41, 5.74) is 0. The first kappa shape index (κ1) is 15.0. The quantitative estimate of drug-likeness (QED) is 0.578. The number of nitrogens with zero attached hydrogens (tertiary/aromatic N) is 1. The lowest BCUT2D eigenvalue weighted by Gasteiger charge is -2.21. The van der Waals surface area contributed by atoms with Crippen LogP contribution in [0.5, 0.6) is 0 Å². The highest BCUT2D eigenvalue weighted by Gasteiger charge is 2.05. The molecule has 1 aliphatic heterocycles. The van der Waals surface area contributed by atoms with Crippen LogP contribution < -0.4 is 0 Å². The van der Waals surface area contributed by atoms with Gasteiger partial charge in [-0.3, -0.25) is 4.79 Å². The second kappa shape index (κ2) is 14.0. The van der Waals surface area contributed by atoms with Gasteiger partial charge in [0.15, 0.2) is 0 Å². The smallest absolute Gasteiger partial charge is 0.209 e. The van der Waals surface area contributed by atoms with Gasteiger partial charge < -0.3 is 4.90 Å². The number of rotatable bonds is 1. The summed E-state index contributed by atoms with van der Waals surface area (Å²) in [6, 6.07) is 0. The summed E-state index contributed by atoms with van der Waals surface area (Å²) in [5, 5.41) is 0. The lowest BCUT2D eigenvalue weighted by Crippen LogP contribution is -2.27. The molecule has 0 aromatic heterocycles. The van der Waals surface area contributed by atoms with Crippen LogP contribution in [0.15, 0.2) is 0 Å². The van der Waals surface area contributed by atoms with Crippen LogP contribution >= 0.6 is 0 Å². The number of amides is 1. The molecule has 0 atom stereocenters. The monoisotopic (exact) mass is 187 g/mol. The summed E-state index contributed by atoms with van der Waals surface area (Å²) in [4.78, 5) is 11.9. The van der Waals surface area contributed by atoms with E-state index < -0.39 is 0 Å². The highest BCUT2D eigenvalue weighted by atomic mass is 16.1. The second-order valence-electron chi connectivity index (χ2n) is 2.91. The molecule has 0 unspecified atom stereocenters. The maximum absolute atomic E-state index is 10.1. The zero-order valence-corrected chi connectivity index (χ0v) is 9.68. The van der Waals surface area contributed by atoms with E-state index >= 15 is 0 Å². The van der Waals surface area contributed by atoms with Crippen molar-refractivity contribution in [2.45, 2.75) is 53.4 Å². The van der Waals surface area contributed by atoms with Gasteiger partial charge in [-0.1, -0.05) is 34.1 Å².